The van der Waals surface area contributed by atoms with Crippen LogP contribution >= 0.6 is 0 Å². The molecule has 1 aromatic rings. The molecule has 7 nitrogen and oxygen atoms in total. The molecule has 0 fully saturated rings. The van der Waals surface area contributed by atoms with Crippen molar-refractivity contribution in [1.29, 1.82) is 0 Å². The molecule has 10 heteroatoms. The van der Waals surface area contributed by atoms with Crippen molar-refractivity contribution in [2.45, 2.75) is 46.4 Å². The summed E-state index contributed by atoms with van der Waals surface area (Å²) in [4.78, 5) is 4.38. The van der Waals surface area contributed by atoms with Gasteiger partial charge in [-0.25, -0.2) is 18.1 Å². The molecule has 0 spiro atoms. The first-order valence-corrected chi connectivity index (χ1v) is 10.4. The number of ether oxygens (including phenoxy) is 1. The monoisotopic (exact) mass is 406 g/mol. The second-order valence-corrected chi connectivity index (χ2v) is 8.54. The fourth-order valence-electron chi connectivity index (χ4n) is 2.39. The highest BCUT2D eigenvalue weighted by atomic mass is 32.2. The Balaban J connectivity index is 2.89. The van der Waals surface area contributed by atoms with Crippen LogP contribution in [0, 0.1) is 6.92 Å². The molecule has 0 unspecified atom stereocenters. The van der Waals surface area contributed by atoms with Crippen LogP contribution in [0.4, 0.5) is 8.78 Å². The molecule has 27 heavy (non-hydrogen) atoms. The zero-order valence-electron chi connectivity index (χ0n) is 16.3. The van der Waals surface area contributed by atoms with Crippen LogP contribution in [0.5, 0.6) is 5.75 Å². The summed E-state index contributed by atoms with van der Waals surface area (Å²) in [6.45, 7) is 5.28. The Kier molecular flexibility index (Phi) is 8.42. The van der Waals surface area contributed by atoms with E-state index in [1.165, 1.54) is 6.07 Å². The molecule has 0 radical (unpaired) electrons. The van der Waals surface area contributed by atoms with Crippen LogP contribution in [0.15, 0.2) is 23.2 Å². The van der Waals surface area contributed by atoms with Crippen LogP contribution in [0.2, 0.25) is 0 Å². The molecular formula is C17H28F2N4O3S. The summed E-state index contributed by atoms with van der Waals surface area (Å²) in [6, 6.07) is 4.92. The molecular weight excluding hydrogens is 378 g/mol. The zero-order valence-corrected chi connectivity index (χ0v) is 17.1. The third kappa shape index (κ3) is 9.53. The summed E-state index contributed by atoms with van der Waals surface area (Å²) in [5.74, 6) is 0.514. The molecule has 0 atom stereocenters. The summed E-state index contributed by atoms with van der Waals surface area (Å²) < 4.78 is 55.1. The standard InChI is InChI=1S/C17H28F2N4O3S/c1-6-20-16(22-11-17(3,4)23-27(5,24)25)21-10-13-9-12(2)7-8-14(13)26-15(18)19/h7-9,15,23H,6,10-11H2,1-5H3,(H2,20,21,22). The zero-order chi connectivity index (χ0) is 20.7. The Morgan fingerprint density at radius 3 is 2.52 bits per heavy atom. The van der Waals surface area contributed by atoms with Gasteiger partial charge in [0.05, 0.1) is 12.8 Å². The summed E-state index contributed by atoms with van der Waals surface area (Å²) in [7, 11) is -3.36. The largest absolute Gasteiger partial charge is 0.434 e. The van der Waals surface area contributed by atoms with E-state index >= 15 is 0 Å². The molecule has 0 aliphatic carbocycles. The van der Waals surface area contributed by atoms with Crippen LogP contribution < -0.4 is 20.1 Å². The Bertz CT molecular complexity index is 753. The van der Waals surface area contributed by atoms with Gasteiger partial charge in [-0.15, -0.1) is 0 Å². The molecule has 0 aliphatic heterocycles. The van der Waals surface area contributed by atoms with E-state index in [2.05, 4.69) is 25.1 Å². The lowest BCUT2D eigenvalue weighted by molar-refractivity contribution is -0.0504. The molecule has 154 valence electrons. The van der Waals surface area contributed by atoms with Gasteiger partial charge >= 0.3 is 6.61 Å². The number of nitrogens with zero attached hydrogens (tertiary/aromatic N) is 1. The molecule has 0 aromatic heterocycles. The van der Waals surface area contributed by atoms with Crippen molar-refractivity contribution in [3.8, 4) is 5.75 Å². The van der Waals surface area contributed by atoms with Crippen LogP contribution in [0.1, 0.15) is 31.9 Å². The average molecular weight is 406 g/mol. The van der Waals surface area contributed by atoms with Gasteiger partial charge in [-0.2, -0.15) is 8.78 Å². The van der Waals surface area contributed by atoms with Crippen LogP contribution in [-0.2, 0) is 16.6 Å². The van der Waals surface area contributed by atoms with Crippen molar-refractivity contribution < 1.29 is 21.9 Å². The molecule has 1 rings (SSSR count). The van der Waals surface area contributed by atoms with Crippen LogP contribution in [-0.4, -0.2) is 45.9 Å². The number of nitrogens with one attached hydrogen (secondary N) is 3. The van der Waals surface area contributed by atoms with E-state index < -0.39 is 22.2 Å². The second-order valence-electron chi connectivity index (χ2n) is 6.80. The Labute approximate surface area is 159 Å². The van der Waals surface area contributed by atoms with E-state index in [0.29, 0.717) is 18.1 Å². The van der Waals surface area contributed by atoms with Gasteiger partial charge in [0, 0.05) is 24.2 Å². The van der Waals surface area contributed by atoms with E-state index in [1.807, 2.05) is 13.8 Å². The summed E-state index contributed by atoms with van der Waals surface area (Å²) in [5, 5.41) is 6.09. The SMILES string of the molecule is CCNC(=NCc1cc(C)ccc1OC(F)F)NCC(C)(C)NS(C)(=O)=O. The van der Waals surface area contributed by atoms with Gasteiger partial charge in [-0.05, 0) is 33.8 Å². The normalized spacial score (nSPS) is 13.0. The minimum atomic E-state index is -3.36. The Hall–Kier alpha value is -1.94. The van der Waals surface area contributed by atoms with E-state index in [9.17, 15) is 17.2 Å². The lowest BCUT2D eigenvalue weighted by atomic mass is 10.1. The van der Waals surface area contributed by atoms with Crippen molar-refractivity contribution in [3.63, 3.8) is 0 Å². The molecule has 0 saturated carbocycles. The topological polar surface area (TPSA) is 91.8 Å². The quantitative estimate of drug-likeness (QED) is 0.431. The fraction of sp³-hybridized carbons (Fsp3) is 0.588. The fourth-order valence-corrected chi connectivity index (χ4v) is 3.47. The lowest BCUT2D eigenvalue weighted by Gasteiger charge is -2.26. The van der Waals surface area contributed by atoms with Crippen molar-refractivity contribution in [1.82, 2.24) is 15.4 Å². The maximum atomic E-state index is 12.6. The van der Waals surface area contributed by atoms with E-state index in [1.54, 1.807) is 26.0 Å². The highest BCUT2D eigenvalue weighted by Crippen LogP contribution is 2.22. The number of rotatable bonds is 9. The molecule has 3 N–H and O–H groups in total. The van der Waals surface area contributed by atoms with E-state index in [-0.39, 0.29) is 18.8 Å². The minimum Gasteiger partial charge on any atom is -0.434 e. The van der Waals surface area contributed by atoms with Gasteiger partial charge in [0.15, 0.2) is 5.96 Å². The van der Waals surface area contributed by atoms with Gasteiger partial charge in [-0.1, -0.05) is 17.7 Å². The minimum absolute atomic E-state index is 0.0780. The summed E-state index contributed by atoms with van der Waals surface area (Å²) in [5.41, 5.74) is 0.691. The highest BCUT2D eigenvalue weighted by molar-refractivity contribution is 7.88. The average Bonchev–Trinajstić information content (AvgIpc) is 2.49. The van der Waals surface area contributed by atoms with Crippen LogP contribution in [0.3, 0.4) is 0 Å². The Morgan fingerprint density at radius 2 is 1.96 bits per heavy atom. The predicted octanol–water partition coefficient (Wildman–Crippen LogP) is 1.98. The first-order valence-electron chi connectivity index (χ1n) is 8.47. The number of sulfonamides is 1. The number of guanidine groups is 1. The second kappa shape index (κ2) is 9.84. The van der Waals surface area contributed by atoms with Gasteiger partial charge in [0.25, 0.3) is 0 Å². The first-order chi connectivity index (χ1) is 12.4. The van der Waals surface area contributed by atoms with Crippen LogP contribution in [0.25, 0.3) is 0 Å². The summed E-state index contributed by atoms with van der Waals surface area (Å²) in [6.07, 6.45) is 1.09. The molecule has 0 amide bonds. The maximum absolute atomic E-state index is 12.6. The number of halogens is 2. The number of aryl methyl sites for hydroxylation is 1. The lowest BCUT2D eigenvalue weighted by Crippen LogP contribution is -2.53. The highest BCUT2D eigenvalue weighted by Gasteiger charge is 2.22. The third-order valence-corrected chi connectivity index (χ3v) is 4.27. The van der Waals surface area contributed by atoms with Crippen molar-refractivity contribution in [2.75, 3.05) is 19.3 Å². The van der Waals surface area contributed by atoms with E-state index in [0.717, 1.165) is 11.8 Å². The molecule has 0 aliphatic rings. The number of alkyl halides is 2. The number of hydrogen-bond acceptors (Lipinski definition) is 4. The molecule has 0 heterocycles. The van der Waals surface area contributed by atoms with Crippen molar-refractivity contribution in [3.05, 3.63) is 29.3 Å². The summed E-state index contributed by atoms with van der Waals surface area (Å²) >= 11 is 0. The molecule has 1 aromatic carbocycles. The number of hydrogen-bond donors (Lipinski definition) is 3. The van der Waals surface area contributed by atoms with E-state index in [4.69, 9.17) is 0 Å². The number of benzene rings is 1. The van der Waals surface area contributed by atoms with Gasteiger partial charge in [0.2, 0.25) is 10.0 Å². The molecule has 0 saturated heterocycles. The third-order valence-electron chi connectivity index (χ3n) is 3.34. The van der Waals surface area contributed by atoms with Gasteiger partial charge in [-0.3, -0.25) is 0 Å². The van der Waals surface area contributed by atoms with Crippen molar-refractivity contribution in [2.24, 2.45) is 4.99 Å². The first kappa shape index (κ1) is 23.1. The van der Waals surface area contributed by atoms with Gasteiger partial charge < -0.3 is 15.4 Å². The maximum Gasteiger partial charge on any atom is 0.387 e. The predicted molar refractivity (Wildman–Crippen MR) is 103 cm³/mol. The van der Waals surface area contributed by atoms with Gasteiger partial charge in [0.1, 0.15) is 5.75 Å². The Morgan fingerprint density at radius 1 is 1.30 bits per heavy atom. The smallest absolute Gasteiger partial charge is 0.387 e. The van der Waals surface area contributed by atoms with Crippen molar-refractivity contribution >= 4 is 16.0 Å². The number of aliphatic imine (C=N–C) groups is 1. The molecule has 0 bridgehead atoms.